The van der Waals surface area contributed by atoms with E-state index in [1.165, 1.54) is 35.1 Å². The summed E-state index contributed by atoms with van der Waals surface area (Å²) in [6.45, 7) is 110. The number of hydrogen-bond acceptors (Lipinski definition) is 4. The summed E-state index contributed by atoms with van der Waals surface area (Å²) in [5.41, 5.74) is 10.8. The van der Waals surface area contributed by atoms with E-state index in [1.807, 2.05) is 163 Å². The Labute approximate surface area is 684 Å². The largest absolute Gasteiger partial charge is 0.492 e. The molecule has 0 amide bonds. The van der Waals surface area contributed by atoms with Crippen LogP contribution in [0.25, 0.3) is 6.08 Å². The molecule has 0 bridgehead atoms. The first-order valence-electron chi connectivity index (χ1n) is 43.5. The van der Waals surface area contributed by atoms with Gasteiger partial charge in [-0.15, -0.1) is 0 Å². The highest BCUT2D eigenvalue weighted by molar-refractivity contribution is 6.00. The smallest absolute Gasteiger partial charge is 0.170 e. The van der Waals surface area contributed by atoms with Crippen molar-refractivity contribution in [2.24, 2.45) is 54.1 Å². The lowest BCUT2D eigenvalue weighted by molar-refractivity contribution is -0.127. The molecule has 632 valence electrons. The highest BCUT2D eigenvalue weighted by Crippen LogP contribution is 2.62. The Hall–Kier alpha value is -5.09. The van der Waals surface area contributed by atoms with Gasteiger partial charge in [0.15, 0.2) is 5.78 Å². The first-order valence-corrected chi connectivity index (χ1v) is 43.5. The summed E-state index contributed by atoms with van der Waals surface area (Å²) in [4.78, 5) is 12.5. The quantitative estimate of drug-likeness (QED) is 0.155. The predicted molar refractivity (Wildman–Crippen MR) is 499 cm³/mol. The maximum Gasteiger partial charge on any atom is 0.170 e. The highest BCUT2D eigenvalue weighted by Gasteiger charge is 2.59. The van der Waals surface area contributed by atoms with E-state index in [4.69, 9.17) is 14.2 Å². The number of carbonyl (C=O) groups is 1. The minimum absolute atomic E-state index is 0. The summed E-state index contributed by atoms with van der Waals surface area (Å²) >= 11 is 0. The zero-order valence-electron chi connectivity index (χ0n) is 81.6. The van der Waals surface area contributed by atoms with Crippen LogP contribution in [-0.2, 0) is 29.1 Å². The Kier molecular flexibility index (Phi) is 50.8. The molecule has 4 heteroatoms. The number of ketones is 1. The lowest BCUT2D eigenvalue weighted by Crippen LogP contribution is -2.60. The van der Waals surface area contributed by atoms with Gasteiger partial charge in [-0.2, -0.15) is 0 Å². The summed E-state index contributed by atoms with van der Waals surface area (Å²) in [5.74, 6) is 3.06. The molecule has 5 aromatic rings. The molecule has 3 heterocycles. The molecule has 0 atom stereocenters. The number of hydrogen-bond donors (Lipinski definition) is 0. The second-order valence-corrected chi connectivity index (χ2v) is 37.0. The first-order chi connectivity index (χ1) is 49.9. The average Bonchev–Trinajstić information content (AvgIpc) is 1.66. The van der Waals surface area contributed by atoms with Gasteiger partial charge in [-0.05, 0) is 110 Å². The number of ether oxygens (including phenoxy) is 3. The van der Waals surface area contributed by atoms with Crippen molar-refractivity contribution in [3.05, 3.63) is 166 Å². The van der Waals surface area contributed by atoms with Crippen molar-refractivity contribution in [1.82, 2.24) is 0 Å². The normalized spacial score (nSPS) is 15.7. The maximum absolute atomic E-state index is 12.5. The van der Waals surface area contributed by atoms with Gasteiger partial charge in [0.05, 0.1) is 18.6 Å². The number of benzene rings is 5. The predicted octanol–water partition coefficient (Wildman–Crippen LogP) is 34.6. The minimum Gasteiger partial charge on any atom is -0.492 e. The number of aryl methyl sites for hydroxylation is 2. The van der Waals surface area contributed by atoms with Gasteiger partial charge in [-0.3, -0.25) is 4.79 Å². The molecule has 10 rings (SSSR count). The first kappa shape index (κ1) is 115. The average molecular weight is 1510 g/mol. The van der Waals surface area contributed by atoms with Gasteiger partial charge in [-0.1, -0.05) is 463 Å². The second-order valence-electron chi connectivity index (χ2n) is 37.0. The molecular weight excluding hydrogens is 1330 g/mol. The molecule has 0 saturated heterocycles. The molecule has 0 unspecified atom stereocenters. The van der Waals surface area contributed by atoms with E-state index in [0.29, 0.717) is 28.2 Å². The lowest BCUT2D eigenvalue weighted by atomic mass is 9.51. The SMILES string of the molecule is C.CC.CC.CC.CC.CC.CC.CC.CC.CC.CC.CC(C)(C)C1(C(C)(C)C)C=Cc2ccccc21.CC(C)(C)C1(C(C)(C)C)CC(=O)c2ccccc2O1.CC(C)(C)C1(C(C)(C)C)CCc2ccccc21.CC(C)(C)C1(C(C)(C)C)CCc2ccccc2O1.CC(C)(C)C1(C(C)(C)C)COc2ccccc21. The minimum atomic E-state index is -0.481. The number of fused-ring (bicyclic) bond motifs is 5. The van der Waals surface area contributed by atoms with E-state index in [2.05, 4.69) is 317 Å². The van der Waals surface area contributed by atoms with Crippen molar-refractivity contribution in [2.45, 2.75) is 413 Å². The fourth-order valence-electron chi connectivity index (χ4n) is 18.4. The molecule has 5 aromatic carbocycles. The van der Waals surface area contributed by atoms with Gasteiger partial charge >= 0.3 is 0 Å². The van der Waals surface area contributed by atoms with Gasteiger partial charge in [0.1, 0.15) is 28.5 Å². The monoisotopic (exact) mass is 1510 g/mol. The molecule has 109 heavy (non-hydrogen) atoms. The molecule has 0 radical (unpaired) electrons. The lowest BCUT2D eigenvalue weighted by Gasteiger charge is -2.55. The Morgan fingerprint density at radius 2 is 0.606 bits per heavy atom. The fraction of sp³-hybridized carbons (Fsp3) is 0.686. The van der Waals surface area contributed by atoms with Gasteiger partial charge < -0.3 is 14.2 Å². The third kappa shape index (κ3) is 26.0. The third-order valence-corrected chi connectivity index (χ3v) is 22.2. The number of rotatable bonds is 0. The molecule has 0 aromatic heterocycles. The van der Waals surface area contributed by atoms with E-state index in [1.54, 1.807) is 11.1 Å². The maximum atomic E-state index is 12.5. The molecular formula is C105H188O4. The van der Waals surface area contributed by atoms with Crippen LogP contribution in [0.3, 0.4) is 0 Å². The molecule has 5 aliphatic rings. The Balaban J connectivity index is -0.000000286. The zero-order chi connectivity index (χ0) is 86.8. The summed E-state index contributed by atoms with van der Waals surface area (Å²) in [6.07, 6.45) is 9.91. The molecule has 2 aliphatic carbocycles. The van der Waals surface area contributed by atoms with Crippen molar-refractivity contribution in [2.75, 3.05) is 6.61 Å². The van der Waals surface area contributed by atoms with Crippen molar-refractivity contribution in [3.63, 3.8) is 0 Å². The van der Waals surface area contributed by atoms with Crippen molar-refractivity contribution in [3.8, 4) is 17.2 Å². The third-order valence-electron chi connectivity index (χ3n) is 22.2. The number of carbonyl (C=O) groups excluding carboxylic acids is 1. The Morgan fingerprint density at radius 3 is 0.991 bits per heavy atom. The van der Waals surface area contributed by atoms with E-state index < -0.39 is 5.60 Å². The Bertz CT molecular complexity index is 3070. The van der Waals surface area contributed by atoms with Crippen LogP contribution in [0.2, 0.25) is 0 Å². The van der Waals surface area contributed by atoms with Gasteiger partial charge in [0, 0.05) is 43.5 Å². The van der Waals surface area contributed by atoms with E-state index in [9.17, 15) is 4.79 Å². The van der Waals surface area contributed by atoms with Crippen molar-refractivity contribution < 1.29 is 19.0 Å². The number of para-hydroxylation sites is 3. The van der Waals surface area contributed by atoms with E-state index in [0.717, 1.165) is 36.7 Å². The summed E-state index contributed by atoms with van der Waals surface area (Å²) < 4.78 is 18.9. The van der Waals surface area contributed by atoms with Crippen LogP contribution >= 0.6 is 0 Å². The van der Waals surface area contributed by atoms with Gasteiger partial charge in [0.2, 0.25) is 0 Å². The van der Waals surface area contributed by atoms with Crippen LogP contribution in [-0.4, -0.2) is 23.6 Å². The second kappa shape index (κ2) is 48.2. The van der Waals surface area contributed by atoms with Crippen LogP contribution in [0.1, 0.15) is 417 Å². The summed E-state index contributed by atoms with van der Waals surface area (Å²) in [7, 11) is 0. The number of Topliss-reactive ketones (excluding diaryl/α,β-unsaturated/α-hetero) is 1. The fourth-order valence-corrected chi connectivity index (χ4v) is 18.4. The van der Waals surface area contributed by atoms with Gasteiger partial charge in [-0.25, -0.2) is 0 Å². The molecule has 4 nitrogen and oxygen atoms in total. The molecule has 3 aliphatic heterocycles. The standard InChI is InChI=1S/C17H24O2.C17H26O.C17H26.C17H24.C16H24O.10C2H6.CH4/c1-15(2,3)17(16(4,5)6)11-13(18)12-9-7-8-10-14(12)19-17;1-15(2,3)17(16(4,5)6)12-11-13-9-7-8-10-14(13)18-17;2*1-15(2,3)17(16(4,5)6)12-11-13-9-7-8-10-14(13)17;1-14(2,3)16(15(4,5)6)11-17-13-10-8-7-9-12(13)16;10*1-2;/h7-10H,11H2,1-6H3;7-10H,11-12H2,1-6H3;7-10H,11-12H2,1-6H3;7-12H,1-6H3;7-10H,11H2,1-6H3;10*1-2H3;1H4. The summed E-state index contributed by atoms with van der Waals surface area (Å²) in [5, 5.41) is 0. The molecule has 0 spiro atoms. The number of allylic oxidation sites excluding steroid dienone is 1. The van der Waals surface area contributed by atoms with E-state index >= 15 is 0 Å². The summed E-state index contributed by atoms with van der Waals surface area (Å²) in [6, 6.07) is 42.4. The van der Waals surface area contributed by atoms with Crippen LogP contribution in [0.4, 0.5) is 0 Å². The molecule has 0 saturated carbocycles. The molecule has 0 fully saturated rings. The zero-order valence-corrected chi connectivity index (χ0v) is 81.6. The van der Waals surface area contributed by atoms with Gasteiger partial charge in [0.25, 0.3) is 0 Å². The van der Waals surface area contributed by atoms with E-state index in [-0.39, 0.29) is 73.0 Å². The van der Waals surface area contributed by atoms with Crippen LogP contribution in [0, 0.1) is 54.1 Å². The van der Waals surface area contributed by atoms with Crippen molar-refractivity contribution >= 4 is 11.9 Å². The van der Waals surface area contributed by atoms with Crippen LogP contribution in [0.15, 0.2) is 127 Å². The van der Waals surface area contributed by atoms with Crippen LogP contribution < -0.4 is 14.2 Å². The van der Waals surface area contributed by atoms with Crippen LogP contribution in [0.5, 0.6) is 17.2 Å². The topological polar surface area (TPSA) is 44.8 Å². The Morgan fingerprint density at radius 1 is 0.294 bits per heavy atom. The van der Waals surface area contributed by atoms with Crippen molar-refractivity contribution in [1.29, 1.82) is 0 Å². The molecule has 0 N–H and O–H groups in total. The highest BCUT2D eigenvalue weighted by atomic mass is 16.5.